The topological polar surface area (TPSA) is 92.8 Å². The van der Waals surface area contributed by atoms with Crippen molar-refractivity contribution in [3.63, 3.8) is 0 Å². The van der Waals surface area contributed by atoms with Gasteiger partial charge in [-0.3, -0.25) is 4.18 Å². The SMILES string of the molecule is CN1CC(S(=O)(=O)NCc2cnc[s+]2Oc2ccc3c(c2)CCC(c2ccccc2)O3)=CN1. The minimum absolute atomic E-state index is 0.0573. The van der Waals surface area contributed by atoms with Gasteiger partial charge in [0.05, 0.1) is 24.2 Å². The standard InChI is InChI=1S/C23H25N4O4S2/c1-27-15-21(14-25-27)33(28,29)26-13-20-12-24-16-32(20)31-19-8-10-23-18(11-19)7-9-22(30-23)17-5-3-2-4-6-17/h2-6,8,10-12,14,16,22,25-26H,7,9,13,15H2,1H3/q+1. The van der Waals surface area contributed by atoms with Gasteiger partial charge in [0.25, 0.3) is 5.51 Å². The van der Waals surface area contributed by atoms with Gasteiger partial charge in [0, 0.05) is 13.2 Å². The molecule has 0 bridgehead atoms. The lowest BCUT2D eigenvalue weighted by Gasteiger charge is -2.26. The van der Waals surface area contributed by atoms with Gasteiger partial charge in [0.2, 0.25) is 25.7 Å². The predicted octanol–water partition coefficient (Wildman–Crippen LogP) is 3.45. The monoisotopic (exact) mass is 485 g/mol. The fourth-order valence-corrected chi connectivity index (χ4v) is 6.17. The van der Waals surface area contributed by atoms with Gasteiger partial charge in [-0.15, -0.1) is 0 Å². The van der Waals surface area contributed by atoms with Gasteiger partial charge in [-0.25, -0.2) is 23.1 Å². The van der Waals surface area contributed by atoms with Gasteiger partial charge in [0.15, 0.2) is 5.75 Å². The number of benzene rings is 2. The maximum atomic E-state index is 12.5. The van der Waals surface area contributed by atoms with Crippen molar-refractivity contribution in [3.8, 4) is 11.5 Å². The Hall–Kier alpha value is -2.92. The molecule has 0 saturated carbocycles. The summed E-state index contributed by atoms with van der Waals surface area (Å²) in [4.78, 5) is 5.26. The van der Waals surface area contributed by atoms with E-state index in [1.165, 1.54) is 11.8 Å². The molecule has 5 rings (SSSR count). The van der Waals surface area contributed by atoms with Crippen molar-refractivity contribution in [1.82, 2.24) is 20.1 Å². The van der Waals surface area contributed by atoms with Crippen molar-refractivity contribution < 1.29 is 17.3 Å². The van der Waals surface area contributed by atoms with Crippen LogP contribution in [0.3, 0.4) is 0 Å². The fraction of sp³-hybridized carbons (Fsp3) is 0.261. The molecule has 2 aliphatic rings. The summed E-state index contributed by atoms with van der Waals surface area (Å²) in [5.74, 6) is 1.59. The normalized spacial score (nSPS) is 18.8. The van der Waals surface area contributed by atoms with E-state index in [4.69, 9.17) is 8.92 Å². The molecule has 3 aromatic rings. The molecule has 2 aromatic carbocycles. The van der Waals surface area contributed by atoms with Gasteiger partial charge in [-0.1, -0.05) is 30.3 Å². The molecule has 2 aliphatic heterocycles. The zero-order valence-electron chi connectivity index (χ0n) is 18.1. The van der Waals surface area contributed by atoms with Crippen molar-refractivity contribution in [1.29, 1.82) is 0 Å². The Morgan fingerprint density at radius 2 is 2.12 bits per heavy atom. The molecular weight excluding hydrogens is 460 g/mol. The first-order valence-electron chi connectivity index (χ1n) is 10.6. The van der Waals surface area contributed by atoms with E-state index in [2.05, 4.69) is 27.3 Å². The quantitative estimate of drug-likeness (QED) is 0.495. The van der Waals surface area contributed by atoms with Crippen LogP contribution in [0.5, 0.6) is 11.5 Å². The van der Waals surface area contributed by atoms with E-state index < -0.39 is 20.8 Å². The van der Waals surface area contributed by atoms with Crippen LogP contribution in [0.1, 0.15) is 28.5 Å². The highest BCUT2D eigenvalue weighted by Gasteiger charge is 2.27. The lowest BCUT2D eigenvalue weighted by molar-refractivity contribution is 0.176. The molecule has 0 saturated heterocycles. The van der Waals surface area contributed by atoms with Gasteiger partial charge in [-0.05, 0) is 42.2 Å². The van der Waals surface area contributed by atoms with Crippen molar-refractivity contribution in [2.45, 2.75) is 25.5 Å². The highest BCUT2D eigenvalue weighted by molar-refractivity contribution is 7.93. The summed E-state index contributed by atoms with van der Waals surface area (Å²) in [6.07, 6.45) is 5.01. The van der Waals surface area contributed by atoms with Gasteiger partial charge in [-0.2, -0.15) is 0 Å². The van der Waals surface area contributed by atoms with E-state index >= 15 is 0 Å². The fourth-order valence-electron chi connectivity index (χ4n) is 3.83. The zero-order chi connectivity index (χ0) is 22.8. The number of ether oxygens (including phenoxy) is 1. The zero-order valence-corrected chi connectivity index (χ0v) is 19.7. The van der Waals surface area contributed by atoms with Crippen LogP contribution in [0, 0.1) is 0 Å². The van der Waals surface area contributed by atoms with Crippen LogP contribution in [0.4, 0.5) is 0 Å². The number of hydrogen-bond donors (Lipinski definition) is 2. The van der Waals surface area contributed by atoms with E-state index in [-0.39, 0.29) is 12.6 Å². The minimum Gasteiger partial charge on any atom is -0.485 e. The Labute approximate surface area is 196 Å². The third kappa shape index (κ3) is 4.88. The molecule has 0 amide bonds. The summed E-state index contributed by atoms with van der Waals surface area (Å²) in [6.45, 7) is 0.453. The number of aryl methyl sites for hydroxylation is 1. The lowest BCUT2D eigenvalue weighted by atomic mass is 9.97. The Kier molecular flexibility index (Phi) is 6.07. The molecule has 0 radical (unpaired) electrons. The molecule has 0 spiro atoms. The van der Waals surface area contributed by atoms with Crippen LogP contribution < -0.4 is 19.1 Å². The van der Waals surface area contributed by atoms with Gasteiger partial charge >= 0.3 is 0 Å². The third-order valence-electron chi connectivity index (χ3n) is 5.59. The molecule has 8 nitrogen and oxygen atoms in total. The van der Waals surface area contributed by atoms with Gasteiger partial charge in [0.1, 0.15) is 11.9 Å². The van der Waals surface area contributed by atoms with E-state index in [1.54, 1.807) is 23.8 Å². The number of nitrogens with zero attached hydrogens (tertiary/aromatic N) is 2. The Balaban J connectivity index is 1.25. The number of thiazole rings is 1. The summed E-state index contributed by atoms with van der Waals surface area (Å²) < 4.78 is 40.1. The Bertz CT molecular complexity index is 1270. The average Bonchev–Trinajstić information content (AvgIpc) is 3.47. The molecule has 0 fully saturated rings. The summed E-state index contributed by atoms with van der Waals surface area (Å²) in [7, 11) is -2.53. The number of hydrazine groups is 1. The molecule has 2 N–H and O–H groups in total. The van der Waals surface area contributed by atoms with Crippen LogP contribution in [0.25, 0.3) is 0 Å². The number of fused-ring (bicyclic) bond motifs is 1. The molecule has 2 unspecified atom stereocenters. The molecule has 33 heavy (non-hydrogen) atoms. The van der Waals surface area contributed by atoms with Crippen LogP contribution in [-0.2, 0) is 23.0 Å². The summed E-state index contributed by atoms with van der Waals surface area (Å²) >= 11 is 0. The van der Waals surface area contributed by atoms with Crippen molar-refractivity contribution in [2.75, 3.05) is 13.6 Å². The van der Waals surface area contributed by atoms with E-state index in [0.29, 0.717) is 17.2 Å². The minimum atomic E-state index is -3.57. The summed E-state index contributed by atoms with van der Waals surface area (Å²) in [5.41, 5.74) is 6.85. The van der Waals surface area contributed by atoms with Crippen molar-refractivity contribution in [3.05, 3.63) is 87.3 Å². The first-order valence-corrected chi connectivity index (χ1v) is 13.3. The smallest absolute Gasteiger partial charge is 0.277 e. The highest BCUT2D eigenvalue weighted by Crippen LogP contribution is 2.38. The molecule has 3 heterocycles. The second-order valence-electron chi connectivity index (χ2n) is 7.98. The predicted molar refractivity (Wildman–Crippen MR) is 127 cm³/mol. The van der Waals surface area contributed by atoms with Crippen LogP contribution in [-0.4, -0.2) is 32.0 Å². The number of likely N-dealkylation sites (N-methyl/N-ethyl adjacent to an activating group) is 1. The number of aromatic nitrogens is 1. The highest BCUT2D eigenvalue weighted by atomic mass is 32.2. The number of sulfonamides is 1. The first-order chi connectivity index (χ1) is 16.0. The van der Waals surface area contributed by atoms with Gasteiger partial charge < -0.3 is 10.2 Å². The largest absolute Gasteiger partial charge is 0.485 e. The molecule has 172 valence electrons. The maximum Gasteiger partial charge on any atom is 0.277 e. The van der Waals surface area contributed by atoms with Crippen LogP contribution in [0.15, 0.2) is 71.3 Å². The molecule has 0 aliphatic carbocycles. The molecule has 2 atom stereocenters. The Morgan fingerprint density at radius 3 is 2.91 bits per heavy atom. The van der Waals surface area contributed by atoms with Crippen LogP contribution in [0.2, 0.25) is 0 Å². The summed E-state index contributed by atoms with van der Waals surface area (Å²) in [6, 6.07) is 16.1. The maximum absolute atomic E-state index is 12.5. The van der Waals surface area contributed by atoms with E-state index in [0.717, 1.165) is 29.0 Å². The van der Waals surface area contributed by atoms with Crippen molar-refractivity contribution >= 4 is 20.8 Å². The number of rotatable bonds is 7. The Morgan fingerprint density at radius 1 is 1.27 bits per heavy atom. The number of hydrogen-bond acceptors (Lipinski definition) is 7. The molecular formula is C23H25N4O4S2+. The summed E-state index contributed by atoms with van der Waals surface area (Å²) in [5, 5.41) is 1.70. The first kappa shape index (κ1) is 21.9. The molecule has 1 aromatic heterocycles. The van der Waals surface area contributed by atoms with Crippen molar-refractivity contribution in [2.24, 2.45) is 0 Å². The van der Waals surface area contributed by atoms with E-state index in [1.807, 2.05) is 36.4 Å². The number of nitrogens with one attached hydrogen (secondary N) is 2. The van der Waals surface area contributed by atoms with Crippen LogP contribution >= 0.6 is 10.8 Å². The third-order valence-corrected chi connectivity index (χ3v) is 8.50. The second-order valence-corrected chi connectivity index (χ2v) is 11.3. The average molecular weight is 486 g/mol. The molecule has 10 heteroatoms. The second kappa shape index (κ2) is 9.14. The lowest BCUT2D eigenvalue weighted by Crippen LogP contribution is -2.29. The van der Waals surface area contributed by atoms with E-state index in [9.17, 15) is 8.42 Å².